The minimum absolute atomic E-state index is 0.666. The van der Waals surface area contributed by atoms with E-state index in [4.69, 9.17) is 4.74 Å². The highest BCUT2D eigenvalue weighted by atomic mass is 16.5. The first kappa shape index (κ1) is 19.0. The lowest BCUT2D eigenvalue weighted by Crippen LogP contribution is -2.47. The highest BCUT2D eigenvalue weighted by molar-refractivity contribution is 5.59. The van der Waals surface area contributed by atoms with Crippen molar-refractivity contribution in [3.05, 3.63) is 65.9 Å². The Kier molecular flexibility index (Phi) is 5.74. The van der Waals surface area contributed by atoms with Gasteiger partial charge in [0.2, 0.25) is 5.95 Å². The van der Waals surface area contributed by atoms with E-state index in [2.05, 4.69) is 67.6 Å². The van der Waals surface area contributed by atoms with Crippen molar-refractivity contribution in [1.82, 2.24) is 15.2 Å². The molecule has 29 heavy (non-hydrogen) atoms. The van der Waals surface area contributed by atoms with Crippen molar-refractivity contribution in [2.45, 2.75) is 13.5 Å². The minimum Gasteiger partial charge on any atom is -0.495 e. The molecule has 0 amide bonds. The Bertz CT molecular complexity index is 955. The highest BCUT2D eigenvalue weighted by Crippen LogP contribution is 2.28. The molecule has 0 bridgehead atoms. The van der Waals surface area contributed by atoms with Crippen LogP contribution in [0.2, 0.25) is 0 Å². The van der Waals surface area contributed by atoms with E-state index in [1.807, 2.05) is 18.2 Å². The van der Waals surface area contributed by atoms with Gasteiger partial charge >= 0.3 is 0 Å². The Hall–Kier alpha value is -3.35. The monoisotopic (exact) mass is 390 g/mol. The van der Waals surface area contributed by atoms with Gasteiger partial charge in [0.15, 0.2) is 5.82 Å². The van der Waals surface area contributed by atoms with Gasteiger partial charge in [0.05, 0.1) is 19.0 Å². The van der Waals surface area contributed by atoms with Crippen LogP contribution in [-0.2, 0) is 6.54 Å². The molecule has 0 saturated carbocycles. The quantitative estimate of drug-likeness (QED) is 0.694. The van der Waals surface area contributed by atoms with Gasteiger partial charge in [0.25, 0.3) is 0 Å². The van der Waals surface area contributed by atoms with E-state index in [-0.39, 0.29) is 0 Å². The van der Waals surface area contributed by atoms with E-state index in [9.17, 15) is 0 Å². The van der Waals surface area contributed by atoms with Crippen LogP contribution in [-0.4, -0.2) is 48.5 Å². The number of methoxy groups -OCH3 is 1. The molecule has 0 aliphatic carbocycles. The second-order valence-electron chi connectivity index (χ2n) is 7.13. The Morgan fingerprint density at radius 2 is 1.79 bits per heavy atom. The summed E-state index contributed by atoms with van der Waals surface area (Å²) in [6.45, 7) is 6.23. The van der Waals surface area contributed by atoms with Gasteiger partial charge in [-0.15, -0.1) is 5.10 Å². The molecule has 1 aliphatic rings. The van der Waals surface area contributed by atoms with Gasteiger partial charge in [-0.05, 0) is 24.6 Å². The van der Waals surface area contributed by atoms with Crippen LogP contribution in [0.25, 0.3) is 0 Å². The second kappa shape index (κ2) is 8.77. The van der Waals surface area contributed by atoms with Gasteiger partial charge in [-0.2, -0.15) is 10.1 Å². The fourth-order valence-corrected chi connectivity index (χ4v) is 3.57. The molecule has 0 atom stereocenters. The summed E-state index contributed by atoms with van der Waals surface area (Å²) in [7, 11) is 1.71. The number of aromatic nitrogens is 3. The molecule has 2 aromatic carbocycles. The number of nitrogens with one attached hydrogen (secondary N) is 1. The van der Waals surface area contributed by atoms with Gasteiger partial charge in [0.1, 0.15) is 5.75 Å². The smallest absolute Gasteiger partial charge is 0.247 e. The van der Waals surface area contributed by atoms with Gasteiger partial charge in [-0.3, -0.25) is 0 Å². The van der Waals surface area contributed by atoms with Crippen LogP contribution >= 0.6 is 0 Å². The van der Waals surface area contributed by atoms with Gasteiger partial charge in [0, 0.05) is 32.7 Å². The van der Waals surface area contributed by atoms with Gasteiger partial charge in [-0.25, -0.2) is 0 Å². The number of hydrogen-bond donors (Lipinski definition) is 1. The summed E-state index contributed by atoms with van der Waals surface area (Å²) < 4.78 is 5.50. The predicted molar refractivity (Wildman–Crippen MR) is 116 cm³/mol. The summed E-state index contributed by atoms with van der Waals surface area (Å²) in [6, 6.07) is 16.6. The summed E-state index contributed by atoms with van der Waals surface area (Å²) in [5.74, 6) is 2.31. The average Bonchev–Trinajstić information content (AvgIpc) is 2.78. The Labute approximate surface area is 171 Å². The molecule has 4 rings (SSSR count). The highest BCUT2D eigenvalue weighted by Gasteiger charge is 2.21. The number of hydrogen-bond acceptors (Lipinski definition) is 7. The van der Waals surface area contributed by atoms with Crippen LogP contribution in [0, 0.1) is 6.92 Å². The molecule has 150 valence electrons. The minimum atomic E-state index is 0.666. The summed E-state index contributed by atoms with van der Waals surface area (Å²) >= 11 is 0. The number of nitrogens with zero attached hydrogens (tertiary/aromatic N) is 5. The summed E-state index contributed by atoms with van der Waals surface area (Å²) in [5, 5.41) is 11.7. The summed E-state index contributed by atoms with van der Waals surface area (Å²) in [4.78, 5) is 9.18. The first-order valence-corrected chi connectivity index (χ1v) is 9.85. The lowest BCUT2D eigenvalue weighted by atomic mass is 10.1. The fourth-order valence-electron chi connectivity index (χ4n) is 3.57. The zero-order valence-electron chi connectivity index (χ0n) is 16.9. The van der Waals surface area contributed by atoms with Gasteiger partial charge in [-0.1, -0.05) is 42.0 Å². The molecule has 3 aromatic rings. The first-order chi connectivity index (χ1) is 14.2. The lowest BCUT2D eigenvalue weighted by Gasteiger charge is -2.36. The van der Waals surface area contributed by atoms with Crippen LogP contribution in [0.3, 0.4) is 0 Å². The second-order valence-corrected chi connectivity index (χ2v) is 7.13. The number of benzene rings is 2. The maximum atomic E-state index is 5.50. The topological polar surface area (TPSA) is 66.4 Å². The van der Waals surface area contributed by atoms with E-state index >= 15 is 0 Å². The Balaban J connectivity index is 1.38. The van der Waals surface area contributed by atoms with Crippen LogP contribution in [0.15, 0.2) is 54.7 Å². The van der Waals surface area contributed by atoms with Crippen LogP contribution in [0.5, 0.6) is 5.75 Å². The number of rotatable bonds is 6. The number of anilines is 3. The molecule has 0 unspecified atom stereocenters. The van der Waals surface area contributed by atoms with Crippen LogP contribution < -0.4 is 19.9 Å². The summed E-state index contributed by atoms with van der Waals surface area (Å²) in [5.41, 5.74) is 3.59. The van der Waals surface area contributed by atoms with Crippen molar-refractivity contribution < 1.29 is 4.74 Å². The molecule has 0 spiro atoms. The standard InChI is InChI=1S/C22H26N6O/c1-17-6-5-7-18(14-17)15-23-21-16-24-26-22(25-21)28-12-10-27(11-13-28)19-8-3-4-9-20(19)29-2/h3-9,14,16H,10-13,15H2,1-2H3,(H,23,25,26). The van der Waals surface area contributed by atoms with Crippen molar-refractivity contribution in [3.8, 4) is 5.75 Å². The van der Waals surface area contributed by atoms with E-state index in [1.165, 1.54) is 11.1 Å². The van der Waals surface area contributed by atoms with Crippen molar-refractivity contribution in [2.75, 3.05) is 48.4 Å². The molecule has 7 heteroatoms. The lowest BCUT2D eigenvalue weighted by molar-refractivity contribution is 0.413. The normalized spacial score (nSPS) is 14.0. The Morgan fingerprint density at radius 1 is 1.00 bits per heavy atom. The third-order valence-electron chi connectivity index (χ3n) is 5.09. The molecule has 0 radical (unpaired) electrons. The van der Waals surface area contributed by atoms with Crippen LogP contribution in [0.1, 0.15) is 11.1 Å². The molecule has 1 fully saturated rings. The molecule has 1 aliphatic heterocycles. The largest absolute Gasteiger partial charge is 0.495 e. The number of para-hydroxylation sites is 2. The maximum Gasteiger partial charge on any atom is 0.247 e. The average molecular weight is 390 g/mol. The van der Waals surface area contributed by atoms with E-state index in [0.717, 1.165) is 43.4 Å². The molecule has 1 N–H and O–H groups in total. The summed E-state index contributed by atoms with van der Waals surface area (Å²) in [6.07, 6.45) is 1.67. The molecule has 7 nitrogen and oxygen atoms in total. The predicted octanol–water partition coefficient (Wildman–Crippen LogP) is 3.13. The maximum absolute atomic E-state index is 5.50. The molecule has 1 saturated heterocycles. The fraction of sp³-hybridized carbons (Fsp3) is 0.318. The van der Waals surface area contributed by atoms with Crippen molar-refractivity contribution in [2.24, 2.45) is 0 Å². The zero-order chi connectivity index (χ0) is 20.1. The SMILES string of the molecule is COc1ccccc1N1CCN(c2nncc(NCc3cccc(C)c3)n2)CC1. The number of piperazine rings is 1. The number of ether oxygens (including phenoxy) is 1. The molecule has 1 aromatic heterocycles. The third-order valence-corrected chi connectivity index (χ3v) is 5.09. The first-order valence-electron chi connectivity index (χ1n) is 9.85. The molecular weight excluding hydrogens is 364 g/mol. The Morgan fingerprint density at radius 3 is 2.59 bits per heavy atom. The molecular formula is C22H26N6O. The van der Waals surface area contributed by atoms with Crippen molar-refractivity contribution in [3.63, 3.8) is 0 Å². The van der Waals surface area contributed by atoms with E-state index in [1.54, 1.807) is 13.3 Å². The van der Waals surface area contributed by atoms with Gasteiger partial charge < -0.3 is 19.9 Å². The van der Waals surface area contributed by atoms with Crippen LogP contribution in [0.4, 0.5) is 17.5 Å². The van der Waals surface area contributed by atoms with E-state index < -0.39 is 0 Å². The number of aryl methyl sites for hydroxylation is 1. The van der Waals surface area contributed by atoms with Crippen molar-refractivity contribution in [1.29, 1.82) is 0 Å². The molecule has 2 heterocycles. The zero-order valence-corrected chi connectivity index (χ0v) is 16.9. The van der Waals surface area contributed by atoms with Crippen molar-refractivity contribution >= 4 is 17.5 Å². The van der Waals surface area contributed by atoms with E-state index in [0.29, 0.717) is 12.5 Å². The third kappa shape index (κ3) is 4.56.